The summed E-state index contributed by atoms with van der Waals surface area (Å²) in [6.07, 6.45) is 3.22. The monoisotopic (exact) mass is 364 g/mol. The van der Waals surface area contributed by atoms with Crippen molar-refractivity contribution in [1.29, 1.82) is 0 Å². The lowest BCUT2D eigenvalue weighted by molar-refractivity contribution is -0.128. The molecule has 1 aromatic rings. The topological polar surface area (TPSA) is 66.9 Å². The molecule has 7 heteroatoms. The molecular formula is C18H24N2O4S. The first-order valence-electron chi connectivity index (χ1n) is 9.00. The first-order valence-corrected chi connectivity index (χ1v) is 10.4. The van der Waals surface area contributed by atoms with Crippen molar-refractivity contribution in [1.82, 2.24) is 9.21 Å². The number of amides is 1. The van der Waals surface area contributed by atoms with Gasteiger partial charge in [0.1, 0.15) is 16.7 Å². The van der Waals surface area contributed by atoms with E-state index in [2.05, 4.69) is 0 Å². The highest BCUT2D eigenvalue weighted by Crippen LogP contribution is 2.39. The summed E-state index contributed by atoms with van der Waals surface area (Å²) in [5.74, 6) is 0.924. The van der Waals surface area contributed by atoms with Crippen LogP contribution in [0.2, 0.25) is 0 Å². The molecule has 2 atom stereocenters. The smallest absolute Gasteiger partial charge is 0.247 e. The molecule has 0 N–H and O–H groups in total. The maximum Gasteiger partial charge on any atom is 0.247 e. The largest absolute Gasteiger partial charge is 0.487 e. The van der Waals surface area contributed by atoms with Crippen LogP contribution < -0.4 is 4.74 Å². The van der Waals surface area contributed by atoms with E-state index in [1.165, 1.54) is 0 Å². The molecule has 0 radical (unpaired) electrons. The molecule has 2 fully saturated rings. The van der Waals surface area contributed by atoms with E-state index in [4.69, 9.17) is 4.74 Å². The highest BCUT2D eigenvalue weighted by atomic mass is 32.2. The molecule has 2 aliphatic heterocycles. The predicted molar refractivity (Wildman–Crippen MR) is 92.7 cm³/mol. The van der Waals surface area contributed by atoms with Crippen molar-refractivity contribution in [2.24, 2.45) is 5.92 Å². The minimum atomic E-state index is -3.59. The second-order valence-corrected chi connectivity index (χ2v) is 9.13. The molecule has 25 heavy (non-hydrogen) atoms. The van der Waals surface area contributed by atoms with Gasteiger partial charge in [0.2, 0.25) is 15.9 Å². The van der Waals surface area contributed by atoms with Crippen LogP contribution in [0.4, 0.5) is 0 Å². The molecule has 136 valence electrons. The standard InChI is InChI=1S/C18H24N2O4S/c1-13(21)19-10-8-15-16(9-11-19)24-17-4-2-3-5-18(17)25(22,23)20(15)12-14-6-7-14/h2-5,14-16H,6-12H2,1H3/t15-,16-/m0/s1. The van der Waals surface area contributed by atoms with E-state index in [1.54, 1.807) is 40.4 Å². The average Bonchev–Trinajstić information content (AvgIpc) is 3.40. The minimum Gasteiger partial charge on any atom is -0.487 e. The van der Waals surface area contributed by atoms with Crippen molar-refractivity contribution in [3.05, 3.63) is 24.3 Å². The molecule has 0 bridgehead atoms. The fourth-order valence-electron chi connectivity index (χ4n) is 3.86. The summed E-state index contributed by atoms with van der Waals surface area (Å²) in [6, 6.07) is 6.70. The number of fused-ring (bicyclic) bond motifs is 2. The lowest BCUT2D eigenvalue weighted by atomic mass is 10.1. The predicted octanol–water partition coefficient (Wildman–Crippen LogP) is 1.86. The highest BCUT2D eigenvalue weighted by Gasteiger charge is 2.45. The number of carbonyl (C=O) groups is 1. The van der Waals surface area contributed by atoms with Crippen LogP contribution in [0.25, 0.3) is 0 Å². The van der Waals surface area contributed by atoms with Gasteiger partial charge >= 0.3 is 0 Å². The molecule has 0 aromatic heterocycles. The quantitative estimate of drug-likeness (QED) is 0.803. The summed E-state index contributed by atoms with van der Waals surface area (Å²) in [6.45, 7) is 3.31. The summed E-state index contributed by atoms with van der Waals surface area (Å²) in [4.78, 5) is 13.8. The van der Waals surface area contributed by atoms with Gasteiger partial charge in [0.25, 0.3) is 0 Å². The second-order valence-electron chi connectivity index (χ2n) is 7.27. The number of ether oxygens (including phenoxy) is 1. The number of likely N-dealkylation sites (tertiary alicyclic amines) is 1. The Morgan fingerprint density at radius 1 is 1.16 bits per heavy atom. The second kappa shape index (κ2) is 6.29. The van der Waals surface area contributed by atoms with Crippen LogP contribution in [0, 0.1) is 5.92 Å². The number of benzene rings is 1. The van der Waals surface area contributed by atoms with Crippen LogP contribution in [0.3, 0.4) is 0 Å². The Balaban J connectivity index is 1.74. The van der Waals surface area contributed by atoms with Crippen LogP contribution in [0.5, 0.6) is 5.75 Å². The van der Waals surface area contributed by atoms with E-state index in [0.717, 1.165) is 12.8 Å². The molecule has 6 nitrogen and oxygen atoms in total. The first kappa shape index (κ1) is 16.8. The van der Waals surface area contributed by atoms with Gasteiger partial charge in [0.15, 0.2) is 0 Å². The van der Waals surface area contributed by atoms with Gasteiger partial charge in [-0.2, -0.15) is 4.31 Å². The first-order chi connectivity index (χ1) is 12.0. The average molecular weight is 364 g/mol. The molecule has 0 unspecified atom stereocenters. The number of carbonyl (C=O) groups excluding carboxylic acids is 1. The fourth-order valence-corrected chi connectivity index (χ4v) is 5.74. The van der Waals surface area contributed by atoms with Crippen molar-refractivity contribution in [3.63, 3.8) is 0 Å². The fraction of sp³-hybridized carbons (Fsp3) is 0.611. The molecule has 0 spiro atoms. The summed E-state index contributed by atoms with van der Waals surface area (Å²) < 4.78 is 34.5. The maximum absolute atomic E-state index is 13.3. The molecule has 1 amide bonds. The number of hydrogen-bond donors (Lipinski definition) is 0. The van der Waals surface area contributed by atoms with E-state index in [9.17, 15) is 13.2 Å². The molecule has 2 heterocycles. The van der Waals surface area contributed by atoms with Crippen molar-refractivity contribution >= 4 is 15.9 Å². The Morgan fingerprint density at radius 3 is 2.60 bits per heavy atom. The summed E-state index contributed by atoms with van der Waals surface area (Å²) in [5, 5.41) is 0. The van der Waals surface area contributed by atoms with Gasteiger partial charge in [-0.05, 0) is 37.3 Å². The van der Waals surface area contributed by atoms with Crippen LogP contribution in [-0.2, 0) is 14.8 Å². The lowest BCUT2D eigenvalue weighted by Crippen LogP contribution is -2.48. The van der Waals surface area contributed by atoms with Crippen molar-refractivity contribution in [2.75, 3.05) is 19.6 Å². The van der Waals surface area contributed by atoms with Crippen molar-refractivity contribution in [2.45, 2.75) is 49.6 Å². The van der Waals surface area contributed by atoms with Gasteiger partial charge in [0, 0.05) is 33.0 Å². The van der Waals surface area contributed by atoms with Gasteiger partial charge in [-0.25, -0.2) is 8.42 Å². The van der Waals surface area contributed by atoms with Crippen LogP contribution in [-0.4, -0.2) is 55.3 Å². The molecule has 4 rings (SSSR count). The normalized spacial score (nSPS) is 28.9. The summed E-state index contributed by atoms with van der Waals surface area (Å²) in [7, 11) is -3.59. The van der Waals surface area contributed by atoms with Crippen LogP contribution in [0.1, 0.15) is 32.6 Å². The Labute approximate surface area is 148 Å². The Hall–Kier alpha value is -1.60. The number of rotatable bonds is 2. The number of sulfonamides is 1. The summed E-state index contributed by atoms with van der Waals surface area (Å²) >= 11 is 0. The maximum atomic E-state index is 13.3. The lowest BCUT2D eigenvalue weighted by Gasteiger charge is -2.31. The van der Waals surface area contributed by atoms with Gasteiger partial charge < -0.3 is 9.64 Å². The zero-order chi connectivity index (χ0) is 17.6. The number of para-hydroxylation sites is 1. The SMILES string of the molecule is CC(=O)N1CC[C@@H]2Oc3ccccc3S(=O)(=O)N(CC3CC3)[C@H]2CC1. The number of hydrogen-bond acceptors (Lipinski definition) is 4. The highest BCUT2D eigenvalue weighted by molar-refractivity contribution is 7.89. The van der Waals surface area contributed by atoms with E-state index in [0.29, 0.717) is 44.1 Å². The third kappa shape index (κ3) is 3.15. The Kier molecular flexibility index (Phi) is 4.24. The van der Waals surface area contributed by atoms with Crippen LogP contribution in [0.15, 0.2) is 29.2 Å². The van der Waals surface area contributed by atoms with Gasteiger partial charge in [-0.3, -0.25) is 4.79 Å². The van der Waals surface area contributed by atoms with E-state index < -0.39 is 10.0 Å². The van der Waals surface area contributed by atoms with Gasteiger partial charge in [0.05, 0.1) is 6.04 Å². The van der Waals surface area contributed by atoms with Crippen molar-refractivity contribution in [3.8, 4) is 5.75 Å². The molecule has 1 saturated heterocycles. The zero-order valence-corrected chi connectivity index (χ0v) is 15.2. The Bertz CT molecular complexity index is 775. The molecular weight excluding hydrogens is 340 g/mol. The molecule has 3 aliphatic rings. The Morgan fingerprint density at radius 2 is 1.88 bits per heavy atom. The number of nitrogens with zero attached hydrogens (tertiary/aromatic N) is 2. The van der Waals surface area contributed by atoms with E-state index in [-0.39, 0.29) is 22.9 Å². The minimum absolute atomic E-state index is 0.0356. The third-order valence-corrected chi connectivity index (χ3v) is 7.40. The molecule has 1 aromatic carbocycles. The van der Waals surface area contributed by atoms with Gasteiger partial charge in [-0.15, -0.1) is 0 Å². The zero-order valence-electron chi connectivity index (χ0n) is 14.4. The molecule has 1 saturated carbocycles. The summed E-state index contributed by atoms with van der Waals surface area (Å²) in [5.41, 5.74) is 0. The van der Waals surface area contributed by atoms with Crippen LogP contribution >= 0.6 is 0 Å². The van der Waals surface area contributed by atoms with E-state index in [1.807, 2.05) is 0 Å². The van der Waals surface area contributed by atoms with Gasteiger partial charge in [-0.1, -0.05) is 12.1 Å². The molecule has 1 aliphatic carbocycles. The van der Waals surface area contributed by atoms with E-state index >= 15 is 0 Å². The third-order valence-electron chi connectivity index (χ3n) is 5.47. The van der Waals surface area contributed by atoms with Crippen molar-refractivity contribution < 1.29 is 17.9 Å².